The molecule has 124 valence electrons. The van der Waals surface area contributed by atoms with E-state index in [0.717, 1.165) is 12.1 Å². The Balaban J connectivity index is 2.81. The van der Waals surface area contributed by atoms with E-state index < -0.39 is 23.4 Å². The third-order valence-corrected chi connectivity index (χ3v) is 3.66. The molecular weight excluding hydrogens is 314 g/mol. The van der Waals surface area contributed by atoms with E-state index in [1.807, 2.05) is 0 Å². The van der Waals surface area contributed by atoms with E-state index in [2.05, 4.69) is 0 Å². The van der Waals surface area contributed by atoms with Crippen LogP contribution in [0.15, 0.2) is 36.4 Å². The van der Waals surface area contributed by atoms with Gasteiger partial charge in [-0.1, -0.05) is 24.3 Å². The first-order valence-electron chi connectivity index (χ1n) is 7.09. The summed E-state index contributed by atoms with van der Waals surface area (Å²) < 4.78 is 27.7. The Morgan fingerprint density at radius 3 is 1.33 bits per heavy atom. The van der Waals surface area contributed by atoms with Crippen LogP contribution in [0.3, 0.4) is 0 Å². The fourth-order valence-electron chi connectivity index (χ4n) is 2.32. The predicted molar refractivity (Wildman–Crippen MR) is 87.5 cm³/mol. The minimum Gasteiger partial charge on any atom is -0.366 e. The van der Waals surface area contributed by atoms with Crippen LogP contribution in [0.25, 0.3) is 11.1 Å². The van der Waals surface area contributed by atoms with Crippen molar-refractivity contribution < 1.29 is 18.4 Å². The second-order valence-corrected chi connectivity index (χ2v) is 5.41. The Morgan fingerprint density at radius 1 is 0.750 bits per heavy atom. The van der Waals surface area contributed by atoms with Crippen molar-refractivity contribution in [3.63, 3.8) is 0 Å². The maximum absolute atomic E-state index is 13.8. The smallest absolute Gasteiger partial charge is 0.250 e. The molecule has 0 fully saturated rings. The Hall–Kier alpha value is -3.02. The van der Waals surface area contributed by atoms with Crippen molar-refractivity contribution in [3.05, 3.63) is 70.3 Å². The summed E-state index contributed by atoms with van der Waals surface area (Å²) in [6, 6.07) is 7.97. The summed E-state index contributed by atoms with van der Waals surface area (Å²) in [5.41, 5.74) is 11.2. The topological polar surface area (TPSA) is 86.2 Å². The summed E-state index contributed by atoms with van der Waals surface area (Å²) in [7, 11) is 0. The molecule has 0 aliphatic carbocycles. The van der Waals surface area contributed by atoms with Crippen LogP contribution in [0.4, 0.5) is 8.78 Å². The highest BCUT2D eigenvalue weighted by atomic mass is 19.1. The first-order valence-corrected chi connectivity index (χ1v) is 7.09. The number of carbonyl (C=O) groups is 2. The Kier molecular flexibility index (Phi) is 4.78. The van der Waals surface area contributed by atoms with Crippen LogP contribution in [-0.4, -0.2) is 11.8 Å². The molecule has 0 aromatic heterocycles. The number of rotatable bonds is 4. The lowest BCUT2D eigenvalue weighted by atomic mass is 9.92. The summed E-state index contributed by atoms with van der Waals surface area (Å²) in [4.78, 5) is 23.8. The molecular formula is C18H16F2N2O2. The third-order valence-electron chi connectivity index (χ3n) is 3.66. The normalized spacial score (nSPS) is 11.8. The van der Waals surface area contributed by atoms with Gasteiger partial charge in [-0.25, -0.2) is 8.78 Å². The molecule has 0 bridgehead atoms. The van der Waals surface area contributed by atoms with Crippen molar-refractivity contribution in [2.45, 2.75) is 13.8 Å². The Morgan fingerprint density at radius 2 is 1.08 bits per heavy atom. The molecule has 0 unspecified atom stereocenters. The molecule has 0 aliphatic heterocycles. The molecule has 6 heteroatoms. The highest BCUT2D eigenvalue weighted by Crippen LogP contribution is 2.28. The van der Waals surface area contributed by atoms with Gasteiger partial charge in [0.2, 0.25) is 11.8 Å². The largest absolute Gasteiger partial charge is 0.366 e. The highest BCUT2D eigenvalue weighted by Gasteiger charge is 2.22. The molecule has 0 saturated carbocycles. The molecule has 0 radical (unpaired) electrons. The number of aryl methyl sites for hydroxylation is 2. The first-order chi connectivity index (χ1) is 11.2. The van der Waals surface area contributed by atoms with Crippen molar-refractivity contribution in [3.8, 4) is 0 Å². The second kappa shape index (κ2) is 6.62. The number of hydrogen-bond acceptors (Lipinski definition) is 2. The summed E-state index contributed by atoms with van der Waals surface area (Å²) in [5.74, 6) is -3.06. The van der Waals surface area contributed by atoms with Gasteiger partial charge >= 0.3 is 0 Å². The van der Waals surface area contributed by atoms with Crippen molar-refractivity contribution in [2.24, 2.45) is 11.5 Å². The molecule has 0 spiro atoms. The van der Waals surface area contributed by atoms with E-state index in [1.165, 1.54) is 24.3 Å². The summed E-state index contributed by atoms with van der Waals surface area (Å²) in [5, 5.41) is 0. The predicted octanol–water partition coefficient (Wildman–Crippen LogP) is 2.46. The van der Waals surface area contributed by atoms with E-state index in [0.29, 0.717) is 11.1 Å². The standard InChI is InChI=1S/C18H16F2N2O2/c1-9-3-5-11(7-13(9)19)15(17(21)23)16(18(22)24)12-6-4-10(2)14(20)8-12/h3-8H,1-2H3,(H2,21,23)(H2,22,24). The number of nitrogens with two attached hydrogens (primary N) is 2. The molecule has 2 aromatic carbocycles. The van der Waals surface area contributed by atoms with Crippen LogP contribution in [0, 0.1) is 25.5 Å². The number of benzene rings is 2. The fraction of sp³-hybridized carbons (Fsp3) is 0.111. The molecule has 0 heterocycles. The molecule has 0 atom stereocenters. The van der Waals surface area contributed by atoms with Gasteiger partial charge in [0.1, 0.15) is 11.6 Å². The van der Waals surface area contributed by atoms with Gasteiger partial charge in [-0.05, 0) is 48.2 Å². The molecule has 4 N–H and O–H groups in total. The maximum atomic E-state index is 13.8. The third kappa shape index (κ3) is 3.32. The molecule has 0 aliphatic rings. The summed E-state index contributed by atoms with van der Waals surface area (Å²) in [6.07, 6.45) is 0. The maximum Gasteiger partial charge on any atom is 0.250 e. The van der Waals surface area contributed by atoms with Crippen molar-refractivity contribution in [1.82, 2.24) is 0 Å². The van der Waals surface area contributed by atoms with E-state index in [1.54, 1.807) is 13.8 Å². The van der Waals surface area contributed by atoms with Gasteiger partial charge in [0.05, 0.1) is 11.1 Å². The SMILES string of the molecule is Cc1ccc(C(C(N)=O)=C(C(N)=O)c2ccc(C)c(F)c2)cc1F. The van der Waals surface area contributed by atoms with Crippen LogP contribution in [0.5, 0.6) is 0 Å². The Bertz CT molecular complexity index is 802. The monoisotopic (exact) mass is 330 g/mol. The van der Waals surface area contributed by atoms with Crippen LogP contribution in [0.2, 0.25) is 0 Å². The number of primary amides is 2. The average molecular weight is 330 g/mol. The highest BCUT2D eigenvalue weighted by molar-refractivity contribution is 6.39. The van der Waals surface area contributed by atoms with E-state index in [4.69, 9.17) is 11.5 Å². The van der Waals surface area contributed by atoms with E-state index in [-0.39, 0.29) is 22.3 Å². The number of amides is 2. The molecule has 0 saturated heterocycles. The number of hydrogen-bond donors (Lipinski definition) is 2. The number of carbonyl (C=O) groups excluding carboxylic acids is 2. The lowest BCUT2D eigenvalue weighted by Crippen LogP contribution is -2.21. The zero-order chi connectivity index (χ0) is 18.0. The summed E-state index contributed by atoms with van der Waals surface area (Å²) >= 11 is 0. The van der Waals surface area contributed by atoms with Crippen molar-refractivity contribution >= 4 is 23.0 Å². The summed E-state index contributed by atoms with van der Waals surface area (Å²) in [6.45, 7) is 3.11. The van der Waals surface area contributed by atoms with Crippen LogP contribution >= 0.6 is 0 Å². The van der Waals surface area contributed by atoms with Gasteiger partial charge in [0.15, 0.2) is 0 Å². The lowest BCUT2D eigenvalue weighted by molar-refractivity contribution is -0.114. The van der Waals surface area contributed by atoms with Gasteiger partial charge < -0.3 is 11.5 Å². The molecule has 2 rings (SSSR count). The van der Waals surface area contributed by atoms with Crippen LogP contribution in [-0.2, 0) is 9.59 Å². The van der Waals surface area contributed by atoms with Crippen molar-refractivity contribution in [2.75, 3.05) is 0 Å². The average Bonchev–Trinajstić information content (AvgIpc) is 2.50. The first kappa shape index (κ1) is 17.3. The van der Waals surface area contributed by atoms with Gasteiger partial charge in [-0.3, -0.25) is 9.59 Å². The van der Waals surface area contributed by atoms with Crippen LogP contribution in [0.1, 0.15) is 22.3 Å². The van der Waals surface area contributed by atoms with E-state index in [9.17, 15) is 18.4 Å². The second-order valence-electron chi connectivity index (χ2n) is 5.41. The minimum absolute atomic E-state index is 0.0976. The van der Waals surface area contributed by atoms with Gasteiger partial charge in [-0.2, -0.15) is 0 Å². The van der Waals surface area contributed by atoms with E-state index >= 15 is 0 Å². The zero-order valence-corrected chi connectivity index (χ0v) is 13.2. The quantitative estimate of drug-likeness (QED) is 0.666. The lowest BCUT2D eigenvalue weighted by Gasteiger charge is -2.12. The molecule has 2 amide bonds. The zero-order valence-electron chi connectivity index (χ0n) is 13.2. The molecule has 2 aromatic rings. The van der Waals surface area contributed by atoms with Gasteiger partial charge in [-0.15, -0.1) is 0 Å². The Labute approximate surface area is 137 Å². The van der Waals surface area contributed by atoms with Gasteiger partial charge in [0.25, 0.3) is 0 Å². The number of halogens is 2. The molecule has 4 nitrogen and oxygen atoms in total. The van der Waals surface area contributed by atoms with Gasteiger partial charge in [0, 0.05) is 0 Å². The minimum atomic E-state index is -0.965. The van der Waals surface area contributed by atoms with Crippen molar-refractivity contribution in [1.29, 1.82) is 0 Å². The van der Waals surface area contributed by atoms with Crippen LogP contribution < -0.4 is 11.5 Å². The molecule has 24 heavy (non-hydrogen) atoms. The fourth-order valence-corrected chi connectivity index (χ4v) is 2.32.